The lowest BCUT2D eigenvalue weighted by Gasteiger charge is -2.29. The highest BCUT2D eigenvalue weighted by molar-refractivity contribution is 5.88. The fourth-order valence-electron chi connectivity index (χ4n) is 2.67. The topological polar surface area (TPSA) is 49.4 Å². The van der Waals surface area contributed by atoms with Gasteiger partial charge in [-0.1, -0.05) is 37.3 Å². The first kappa shape index (κ1) is 20.6. The molecule has 0 spiro atoms. The SMILES string of the molecule is CCCNC(=O)[C@H](C)N(Cc1ccc(F)cc1)C(=O)Cc1ccccc1F. The number of halogens is 2. The Hall–Kier alpha value is -2.76. The molecule has 2 amide bonds. The molecule has 2 aromatic rings. The van der Waals surface area contributed by atoms with E-state index in [1.165, 1.54) is 23.1 Å². The van der Waals surface area contributed by atoms with E-state index in [0.717, 1.165) is 6.42 Å². The van der Waals surface area contributed by atoms with E-state index < -0.39 is 11.9 Å². The average molecular weight is 374 g/mol. The van der Waals surface area contributed by atoms with Gasteiger partial charge in [-0.05, 0) is 42.7 Å². The third-order valence-corrected chi connectivity index (χ3v) is 4.28. The monoisotopic (exact) mass is 374 g/mol. The van der Waals surface area contributed by atoms with Gasteiger partial charge in [0.15, 0.2) is 0 Å². The minimum absolute atomic E-state index is 0.133. The van der Waals surface area contributed by atoms with Gasteiger partial charge in [0.1, 0.15) is 17.7 Å². The summed E-state index contributed by atoms with van der Waals surface area (Å²) in [5.41, 5.74) is 0.959. The molecule has 0 saturated carbocycles. The van der Waals surface area contributed by atoms with Crippen molar-refractivity contribution in [2.75, 3.05) is 6.54 Å². The van der Waals surface area contributed by atoms with Gasteiger partial charge in [-0.25, -0.2) is 8.78 Å². The Morgan fingerprint density at radius 3 is 2.37 bits per heavy atom. The van der Waals surface area contributed by atoms with Crippen molar-refractivity contribution >= 4 is 11.8 Å². The Labute approximate surface area is 158 Å². The van der Waals surface area contributed by atoms with Gasteiger partial charge in [-0.3, -0.25) is 9.59 Å². The van der Waals surface area contributed by atoms with Crippen LogP contribution < -0.4 is 5.32 Å². The summed E-state index contributed by atoms with van der Waals surface area (Å²) in [4.78, 5) is 26.6. The van der Waals surface area contributed by atoms with Gasteiger partial charge in [0.2, 0.25) is 11.8 Å². The number of nitrogens with zero attached hydrogens (tertiary/aromatic N) is 1. The Kier molecular flexibility index (Phi) is 7.46. The highest BCUT2D eigenvalue weighted by Gasteiger charge is 2.26. The Morgan fingerprint density at radius 2 is 1.74 bits per heavy atom. The van der Waals surface area contributed by atoms with Crippen LogP contribution in [0.1, 0.15) is 31.4 Å². The Bertz CT molecular complexity index is 778. The van der Waals surface area contributed by atoms with Crippen LogP contribution in [0, 0.1) is 11.6 Å². The molecular formula is C21H24F2N2O2. The van der Waals surface area contributed by atoms with Gasteiger partial charge in [0.25, 0.3) is 0 Å². The molecule has 0 fully saturated rings. The maximum Gasteiger partial charge on any atom is 0.242 e. The summed E-state index contributed by atoms with van der Waals surface area (Å²) < 4.78 is 27.1. The number of rotatable bonds is 8. The molecule has 0 aliphatic heterocycles. The van der Waals surface area contributed by atoms with E-state index in [2.05, 4.69) is 5.32 Å². The summed E-state index contributed by atoms with van der Waals surface area (Å²) in [5.74, 6) is -1.49. The second-order valence-electron chi connectivity index (χ2n) is 6.38. The first-order valence-electron chi connectivity index (χ1n) is 8.97. The lowest BCUT2D eigenvalue weighted by Crippen LogP contribution is -2.48. The van der Waals surface area contributed by atoms with Crippen LogP contribution in [0.25, 0.3) is 0 Å². The molecule has 0 bridgehead atoms. The summed E-state index contributed by atoms with van der Waals surface area (Å²) in [7, 11) is 0. The maximum atomic E-state index is 13.9. The van der Waals surface area contributed by atoms with Crippen molar-refractivity contribution in [1.29, 1.82) is 0 Å². The molecule has 0 unspecified atom stereocenters. The molecule has 1 N–H and O–H groups in total. The molecule has 6 heteroatoms. The molecule has 0 aliphatic rings. The van der Waals surface area contributed by atoms with Gasteiger partial charge in [0, 0.05) is 13.1 Å². The van der Waals surface area contributed by atoms with Gasteiger partial charge in [-0.2, -0.15) is 0 Å². The minimum atomic E-state index is -0.735. The summed E-state index contributed by atoms with van der Waals surface area (Å²) in [6.45, 7) is 4.21. The molecule has 0 heterocycles. The van der Waals surface area contributed by atoms with Crippen LogP contribution in [0.3, 0.4) is 0 Å². The van der Waals surface area contributed by atoms with Crippen LogP contribution in [0.2, 0.25) is 0 Å². The Morgan fingerprint density at radius 1 is 1.07 bits per heavy atom. The number of hydrogen-bond acceptors (Lipinski definition) is 2. The van der Waals surface area contributed by atoms with Crippen molar-refractivity contribution in [3.63, 3.8) is 0 Å². The minimum Gasteiger partial charge on any atom is -0.354 e. The van der Waals surface area contributed by atoms with E-state index in [1.54, 1.807) is 37.3 Å². The second-order valence-corrected chi connectivity index (χ2v) is 6.38. The lowest BCUT2D eigenvalue weighted by atomic mass is 10.1. The van der Waals surface area contributed by atoms with E-state index >= 15 is 0 Å². The Balaban J connectivity index is 2.21. The van der Waals surface area contributed by atoms with Gasteiger partial charge < -0.3 is 10.2 Å². The van der Waals surface area contributed by atoms with Gasteiger partial charge in [-0.15, -0.1) is 0 Å². The zero-order chi connectivity index (χ0) is 19.8. The molecule has 4 nitrogen and oxygen atoms in total. The first-order valence-corrected chi connectivity index (χ1v) is 8.97. The molecule has 27 heavy (non-hydrogen) atoms. The number of benzene rings is 2. The summed E-state index contributed by atoms with van der Waals surface area (Å²) >= 11 is 0. The third kappa shape index (κ3) is 5.88. The molecule has 1 atom stereocenters. The highest BCUT2D eigenvalue weighted by atomic mass is 19.1. The quantitative estimate of drug-likeness (QED) is 0.769. The van der Waals surface area contributed by atoms with Crippen molar-refractivity contribution in [2.45, 2.75) is 39.3 Å². The zero-order valence-electron chi connectivity index (χ0n) is 15.5. The predicted molar refractivity (Wildman–Crippen MR) is 99.8 cm³/mol. The number of amides is 2. The smallest absolute Gasteiger partial charge is 0.242 e. The summed E-state index contributed by atoms with van der Waals surface area (Å²) in [5, 5.41) is 2.77. The van der Waals surface area contributed by atoms with Crippen LogP contribution in [0.15, 0.2) is 48.5 Å². The van der Waals surface area contributed by atoms with Crippen molar-refractivity contribution in [1.82, 2.24) is 10.2 Å². The summed E-state index contributed by atoms with van der Waals surface area (Å²) in [6.07, 6.45) is 0.624. The molecule has 0 aromatic heterocycles. The predicted octanol–water partition coefficient (Wildman–Crippen LogP) is 3.45. The van der Waals surface area contributed by atoms with Gasteiger partial charge >= 0.3 is 0 Å². The molecule has 2 aromatic carbocycles. The molecule has 0 saturated heterocycles. The summed E-state index contributed by atoms with van der Waals surface area (Å²) in [6, 6.07) is 11.1. The molecule has 0 aliphatic carbocycles. The zero-order valence-corrected chi connectivity index (χ0v) is 15.5. The molecule has 0 radical (unpaired) electrons. The van der Waals surface area contributed by atoms with E-state index in [0.29, 0.717) is 12.1 Å². The standard InChI is InChI=1S/C21H24F2N2O2/c1-3-12-24-21(27)15(2)25(14-16-8-10-18(22)11-9-16)20(26)13-17-6-4-5-7-19(17)23/h4-11,15H,3,12-14H2,1-2H3,(H,24,27)/t15-/m0/s1. The van der Waals surface area contributed by atoms with Crippen LogP contribution in [0.5, 0.6) is 0 Å². The second kappa shape index (κ2) is 9.80. The fraction of sp³-hybridized carbons (Fsp3) is 0.333. The number of carbonyl (C=O) groups excluding carboxylic acids is 2. The van der Waals surface area contributed by atoms with E-state index in [1.807, 2.05) is 6.92 Å². The van der Waals surface area contributed by atoms with Crippen molar-refractivity contribution < 1.29 is 18.4 Å². The first-order chi connectivity index (χ1) is 12.9. The largest absolute Gasteiger partial charge is 0.354 e. The van der Waals surface area contributed by atoms with Crippen molar-refractivity contribution in [2.24, 2.45) is 0 Å². The van der Waals surface area contributed by atoms with E-state index in [-0.39, 0.29) is 36.2 Å². The maximum absolute atomic E-state index is 13.9. The van der Waals surface area contributed by atoms with Crippen LogP contribution in [0.4, 0.5) is 8.78 Å². The third-order valence-electron chi connectivity index (χ3n) is 4.28. The number of hydrogen-bond donors (Lipinski definition) is 1. The molecule has 2 rings (SSSR count). The lowest BCUT2D eigenvalue weighted by molar-refractivity contribution is -0.140. The average Bonchev–Trinajstić information content (AvgIpc) is 2.66. The van der Waals surface area contributed by atoms with Crippen LogP contribution >= 0.6 is 0 Å². The van der Waals surface area contributed by atoms with Crippen molar-refractivity contribution in [3.8, 4) is 0 Å². The van der Waals surface area contributed by atoms with Crippen LogP contribution in [-0.2, 0) is 22.6 Å². The highest BCUT2D eigenvalue weighted by Crippen LogP contribution is 2.14. The molecular weight excluding hydrogens is 350 g/mol. The number of carbonyl (C=O) groups is 2. The molecule has 144 valence electrons. The van der Waals surface area contributed by atoms with Gasteiger partial charge in [0.05, 0.1) is 6.42 Å². The number of nitrogens with one attached hydrogen (secondary N) is 1. The van der Waals surface area contributed by atoms with Crippen molar-refractivity contribution in [3.05, 3.63) is 71.3 Å². The van der Waals surface area contributed by atoms with Crippen LogP contribution in [-0.4, -0.2) is 29.3 Å². The normalized spacial score (nSPS) is 11.7. The van der Waals surface area contributed by atoms with E-state index in [9.17, 15) is 18.4 Å². The fourth-order valence-corrected chi connectivity index (χ4v) is 2.67. The van der Waals surface area contributed by atoms with E-state index in [4.69, 9.17) is 0 Å².